The Morgan fingerprint density at radius 1 is 1.26 bits per heavy atom. The molecule has 0 saturated heterocycles. The molecule has 1 saturated carbocycles. The van der Waals surface area contributed by atoms with E-state index in [4.69, 9.17) is 0 Å². The van der Waals surface area contributed by atoms with Crippen LogP contribution < -0.4 is 5.32 Å². The van der Waals surface area contributed by atoms with E-state index in [-0.39, 0.29) is 11.3 Å². The summed E-state index contributed by atoms with van der Waals surface area (Å²) in [4.78, 5) is 14.6. The third-order valence-electron chi connectivity index (χ3n) is 3.96. The molecular weight excluding hydrogens is 325 g/mol. The standard InChI is InChI=1S/C16H17F3N2OS/c1-9-14(10(2)22)23-15(21(9)13-7-8-13)20-12-5-3-11(4-6-12)16(17,18)19/h3-6,13,15,20H,7-8H2,1-2H3. The van der Waals surface area contributed by atoms with E-state index < -0.39 is 11.7 Å². The third-order valence-corrected chi connectivity index (χ3v) is 5.35. The van der Waals surface area contributed by atoms with Gasteiger partial charge in [0.2, 0.25) is 0 Å². The molecule has 1 N–H and O–H groups in total. The maximum atomic E-state index is 12.6. The second-order valence-corrected chi connectivity index (χ2v) is 6.89. The van der Waals surface area contributed by atoms with Gasteiger partial charge in [0.05, 0.1) is 10.5 Å². The van der Waals surface area contributed by atoms with Crippen LogP contribution >= 0.6 is 11.8 Å². The minimum absolute atomic E-state index is 0.0230. The van der Waals surface area contributed by atoms with E-state index in [0.29, 0.717) is 11.7 Å². The molecule has 0 bridgehead atoms. The number of rotatable bonds is 4. The highest BCUT2D eigenvalue weighted by Crippen LogP contribution is 2.45. The summed E-state index contributed by atoms with van der Waals surface area (Å²) in [5.74, 6) is 0.0230. The number of alkyl halides is 3. The van der Waals surface area contributed by atoms with Crippen LogP contribution in [0.3, 0.4) is 0 Å². The Morgan fingerprint density at radius 3 is 2.35 bits per heavy atom. The summed E-state index contributed by atoms with van der Waals surface area (Å²) in [6.07, 6.45) is -2.18. The first-order chi connectivity index (χ1) is 10.8. The second kappa shape index (κ2) is 5.78. The molecular formula is C16H17F3N2OS. The van der Waals surface area contributed by atoms with Crippen molar-refractivity contribution in [1.29, 1.82) is 0 Å². The summed E-state index contributed by atoms with van der Waals surface area (Å²) >= 11 is 1.43. The topological polar surface area (TPSA) is 32.3 Å². The van der Waals surface area contributed by atoms with Crippen molar-refractivity contribution in [3.05, 3.63) is 40.4 Å². The number of carbonyl (C=O) groups excluding carboxylic acids is 1. The van der Waals surface area contributed by atoms with E-state index in [1.54, 1.807) is 0 Å². The molecule has 1 fully saturated rings. The summed E-state index contributed by atoms with van der Waals surface area (Å²) in [6.45, 7) is 3.47. The lowest BCUT2D eigenvalue weighted by Crippen LogP contribution is -2.35. The third kappa shape index (κ3) is 3.34. The van der Waals surface area contributed by atoms with Gasteiger partial charge in [-0.1, -0.05) is 11.8 Å². The van der Waals surface area contributed by atoms with Crippen LogP contribution in [-0.2, 0) is 11.0 Å². The highest BCUT2D eigenvalue weighted by Gasteiger charge is 2.41. The quantitative estimate of drug-likeness (QED) is 0.877. The molecule has 1 aliphatic carbocycles. The van der Waals surface area contributed by atoms with Gasteiger partial charge < -0.3 is 10.2 Å². The minimum Gasteiger partial charge on any atom is -0.356 e. The van der Waals surface area contributed by atoms with Crippen LogP contribution in [-0.4, -0.2) is 22.2 Å². The van der Waals surface area contributed by atoms with Crippen molar-refractivity contribution in [1.82, 2.24) is 4.90 Å². The molecule has 7 heteroatoms. The van der Waals surface area contributed by atoms with Crippen molar-refractivity contribution in [3.63, 3.8) is 0 Å². The number of allylic oxidation sites excluding steroid dienone is 2. The first-order valence-electron chi connectivity index (χ1n) is 7.38. The molecule has 1 aliphatic heterocycles. The van der Waals surface area contributed by atoms with E-state index in [2.05, 4.69) is 10.2 Å². The van der Waals surface area contributed by atoms with Gasteiger partial charge in [0.25, 0.3) is 0 Å². The first-order valence-corrected chi connectivity index (χ1v) is 8.26. The average Bonchev–Trinajstić information content (AvgIpc) is 3.23. The van der Waals surface area contributed by atoms with Gasteiger partial charge in [-0.3, -0.25) is 4.79 Å². The molecule has 0 amide bonds. The Bertz CT molecular complexity index is 650. The lowest BCUT2D eigenvalue weighted by Gasteiger charge is -2.29. The summed E-state index contributed by atoms with van der Waals surface area (Å²) in [5.41, 5.74) is 0.742. The van der Waals surface area contributed by atoms with Crippen LogP contribution in [0.2, 0.25) is 0 Å². The molecule has 1 aromatic rings. The van der Waals surface area contributed by atoms with Gasteiger partial charge in [-0.2, -0.15) is 13.2 Å². The molecule has 3 nitrogen and oxygen atoms in total. The first kappa shape index (κ1) is 16.2. The van der Waals surface area contributed by atoms with Crippen molar-refractivity contribution in [2.45, 2.75) is 44.4 Å². The zero-order valence-electron chi connectivity index (χ0n) is 12.8. The van der Waals surface area contributed by atoms with Crippen molar-refractivity contribution in [3.8, 4) is 0 Å². The largest absolute Gasteiger partial charge is 0.416 e. The minimum atomic E-state index is -4.33. The number of halogens is 3. The number of carbonyl (C=O) groups is 1. The van der Waals surface area contributed by atoms with Crippen LogP contribution in [0.25, 0.3) is 0 Å². The van der Waals surface area contributed by atoms with Crippen molar-refractivity contribution < 1.29 is 18.0 Å². The molecule has 1 unspecified atom stereocenters. The molecule has 0 aromatic heterocycles. The fraction of sp³-hybridized carbons (Fsp3) is 0.438. The Labute approximate surface area is 136 Å². The number of ketones is 1. The van der Waals surface area contributed by atoms with Crippen LogP contribution in [0, 0.1) is 0 Å². The number of hydrogen-bond donors (Lipinski definition) is 1. The van der Waals surface area contributed by atoms with E-state index >= 15 is 0 Å². The van der Waals surface area contributed by atoms with Crippen LogP contribution in [0.4, 0.5) is 18.9 Å². The molecule has 0 radical (unpaired) electrons. The SMILES string of the molecule is CC(=O)C1=C(C)N(C2CC2)C(Nc2ccc(C(F)(F)F)cc2)S1. The lowest BCUT2D eigenvalue weighted by atomic mass is 10.2. The number of Topliss-reactive ketones (excluding diaryl/α,β-unsaturated/α-hetero) is 1. The van der Waals surface area contributed by atoms with Gasteiger partial charge in [-0.05, 0) is 51.0 Å². The van der Waals surface area contributed by atoms with Crippen molar-refractivity contribution >= 4 is 23.2 Å². The zero-order valence-corrected chi connectivity index (χ0v) is 13.6. The summed E-state index contributed by atoms with van der Waals surface area (Å²) in [6, 6.07) is 5.39. The number of nitrogens with one attached hydrogen (secondary N) is 1. The van der Waals surface area contributed by atoms with Gasteiger partial charge in [0, 0.05) is 17.4 Å². The molecule has 1 aromatic carbocycles. The van der Waals surface area contributed by atoms with Crippen molar-refractivity contribution in [2.75, 3.05) is 5.32 Å². The fourth-order valence-electron chi connectivity index (χ4n) is 2.70. The summed E-state index contributed by atoms with van der Waals surface area (Å²) in [5, 5.41) is 3.23. The predicted octanol–water partition coefficient (Wildman–Crippen LogP) is 4.43. The number of thioether (sulfide) groups is 1. The molecule has 1 heterocycles. The molecule has 23 heavy (non-hydrogen) atoms. The average molecular weight is 342 g/mol. The normalized spacial score (nSPS) is 21.8. The monoisotopic (exact) mass is 342 g/mol. The Hall–Kier alpha value is -1.63. The summed E-state index contributed by atoms with van der Waals surface area (Å²) in [7, 11) is 0. The van der Waals surface area contributed by atoms with E-state index in [0.717, 1.165) is 35.6 Å². The fourth-order valence-corrected chi connectivity index (χ4v) is 4.00. The maximum Gasteiger partial charge on any atom is 0.416 e. The van der Waals surface area contributed by atoms with Gasteiger partial charge in [-0.15, -0.1) is 0 Å². The number of nitrogens with zero attached hydrogens (tertiary/aromatic N) is 1. The number of benzene rings is 1. The molecule has 2 aliphatic rings. The van der Waals surface area contributed by atoms with E-state index in [1.165, 1.54) is 30.8 Å². The van der Waals surface area contributed by atoms with Gasteiger partial charge in [0.1, 0.15) is 0 Å². The van der Waals surface area contributed by atoms with Crippen LogP contribution in [0.15, 0.2) is 34.9 Å². The Morgan fingerprint density at radius 2 is 1.87 bits per heavy atom. The van der Waals surface area contributed by atoms with E-state index in [1.807, 2.05) is 6.92 Å². The molecule has 0 spiro atoms. The van der Waals surface area contributed by atoms with Crippen LogP contribution in [0.1, 0.15) is 32.3 Å². The lowest BCUT2D eigenvalue weighted by molar-refractivity contribution is -0.137. The smallest absolute Gasteiger partial charge is 0.356 e. The highest BCUT2D eigenvalue weighted by atomic mass is 32.2. The number of hydrogen-bond acceptors (Lipinski definition) is 4. The van der Waals surface area contributed by atoms with E-state index in [9.17, 15) is 18.0 Å². The van der Waals surface area contributed by atoms with Crippen LogP contribution in [0.5, 0.6) is 0 Å². The number of anilines is 1. The zero-order chi connectivity index (χ0) is 16.8. The maximum absolute atomic E-state index is 12.6. The highest BCUT2D eigenvalue weighted by molar-refractivity contribution is 8.04. The molecule has 124 valence electrons. The van der Waals surface area contributed by atoms with Gasteiger partial charge >= 0.3 is 6.18 Å². The Balaban J connectivity index is 1.76. The molecule has 3 rings (SSSR count). The van der Waals surface area contributed by atoms with Gasteiger partial charge in [-0.25, -0.2) is 0 Å². The van der Waals surface area contributed by atoms with Gasteiger partial charge in [0.15, 0.2) is 11.3 Å². The second-order valence-electron chi connectivity index (χ2n) is 5.80. The Kier molecular flexibility index (Phi) is 4.08. The molecule has 1 atom stereocenters. The summed E-state index contributed by atoms with van der Waals surface area (Å²) < 4.78 is 37.8. The van der Waals surface area contributed by atoms with Crippen molar-refractivity contribution in [2.24, 2.45) is 0 Å². The predicted molar refractivity (Wildman–Crippen MR) is 84.7 cm³/mol.